The van der Waals surface area contributed by atoms with Crippen LogP contribution in [0, 0.1) is 5.82 Å². The monoisotopic (exact) mass is 364 g/mol. The van der Waals surface area contributed by atoms with Crippen molar-refractivity contribution in [1.29, 1.82) is 0 Å². The Kier molecular flexibility index (Phi) is 6.34. The maximum atomic E-state index is 13.8. The highest BCUT2D eigenvalue weighted by molar-refractivity contribution is 8.00. The van der Waals surface area contributed by atoms with Crippen LogP contribution in [0.1, 0.15) is 37.7 Å². The summed E-state index contributed by atoms with van der Waals surface area (Å²) in [7, 11) is 0. The second kappa shape index (κ2) is 8.70. The Bertz CT molecular complexity index is 617. The second-order valence-electron chi connectivity index (χ2n) is 6.77. The summed E-state index contributed by atoms with van der Waals surface area (Å²) in [6.07, 6.45) is 6.01. The van der Waals surface area contributed by atoms with Crippen LogP contribution in [0.15, 0.2) is 24.3 Å². The van der Waals surface area contributed by atoms with E-state index in [1.54, 1.807) is 18.2 Å². The molecule has 2 saturated heterocycles. The highest BCUT2D eigenvalue weighted by atomic mass is 32.2. The summed E-state index contributed by atoms with van der Waals surface area (Å²) in [6, 6.07) is 6.09. The van der Waals surface area contributed by atoms with Crippen molar-refractivity contribution in [2.45, 2.75) is 49.8 Å². The van der Waals surface area contributed by atoms with Gasteiger partial charge in [-0.05, 0) is 30.9 Å². The van der Waals surface area contributed by atoms with Crippen LogP contribution in [0.3, 0.4) is 0 Å². The van der Waals surface area contributed by atoms with Gasteiger partial charge < -0.3 is 10.2 Å². The summed E-state index contributed by atoms with van der Waals surface area (Å²) in [6.45, 7) is 1.57. The topological polar surface area (TPSA) is 49.4 Å². The zero-order valence-electron chi connectivity index (χ0n) is 14.4. The molecule has 6 heteroatoms. The number of halogens is 1. The first kappa shape index (κ1) is 18.2. The first-order valence-electron chi connectivity index (χ1n) is 9.09. The molecular formula is C19H25FN2O2S. The fourth-order valence-electron chi connectivity index (χ4n) is 3.43. The molecule has 2 fully saturated rings. The lowest BCUT2D eigenvalue weighted by Crippen LogP contribution is -2.55. The molecule has 4 nitrogen and oxygen atoms in total. The Labute approximate surface area is 152 Å². The number of nitrogens with one attached hydrogen (secondary N) is 1. The molecule has 2 atom stereocenters. The molecule has 0 aromatic heterocycles. The van der Waals surface area contributed by atoms with Crippen LogP contribution >= 0.6 is 11.8 Å². The molecule has 25 heavy (non-hydrogen) atoms. The van der Waals surface area contributed by atoms with Crippen molar-refractivity contribution in [1.82, 2.24) is 10.2 Å². The summed E-state index contributed by atoms with van der Waals surface area (Å²) in [5.41, 5.74) is 0.545. The molecule has 2 aliphatic heterocycles. The summed E-state index contributed by atoms with van der Waals surface area (Å²) in [5, 5.41) is 2.53. The number of nitrogens with zero attached hydrogens (tertiary/aromatic N) is 1. The molecule has 1 aromatic rings. The number of benzene rings is 1. The normalized spacial score (nSPS) is 25.0. The average Bonchev–Trinajstić information content (AvgIpc) is 2.58. The number of thioether (sulfide) groups is 1. The first-order chi connectivity index (χ1) is 12.1. The van der Waals surface area contributed by atoms with Crippen molar-refractivity contribution < 1.29 is 14.0 Å². The van der Waals surface area contributed by atoms with Gasteiger partial charge in [0, 0.05) is 18.8 Å². The van der Waals surface area contributed by atoms with Gasteiger partial charge in [-0.25, -0.2) is 4.39 Å². The average molecular weight is 364 g/mol. The van der Waals surface area contributed by atoms with Gasteiger partial charge in [-0.1, -0.05) is 37.5 Å². The van der Waals surface area contributed by atoms with Gasteiger partial charge in [-0.15, -0.1) is 11.8 Å². The maximum Gasteiger partial charge on any atom is 0.246 e. The molecule has 2 heterocycles. The van der Waals surface area contributed by atoms with Crippen molar-refractivity contribution in [3.05, 3.63) is 35.6 Å². The number of carbonyl (C=O) groups excluding carboxylic acids is 2. The summed E-state index contributed by atoms with van der Waals surface area (Å²) >= 11 is 1.46. The highest BCUT2D eigenvalue weighted by Crippen LogP contribution is 2.24. The molecule has 3 rings (SSSR count). The zero-order chi connectivity index (χ0) is 17.6. The second-order valence-corrected chi connectivity index (χ2v) is 8.01. The maximum absolute atomic E-state index is 13.8. The lowest BCUT2D eigenvalue weighted by Gasteiger charge is -2.33. The van der Waals surface area contributed by atoms with E-state index in [2.05, 4.69) is 5.32 Å². The predicted octanol–water partition coefficient (Wildman–Crippen LogP) is 2.76. The summed E-state index contributed by atoms with van der Waals surface area (Å²) in [4.78, 5) is 27.0. The third-order valence-electron chi connectivity index (χ3n) is 4.90. The molecule has 0 spiro atoms. The fourth-order valence-corrected chi connectivity index (χ4v) is 4.60. The van der Waals surface area contributed by atoms with E-state index in [9.17, 15) is 14.0 Å². The fraction of sp³-hybridized carbons (Fsp3) is 0.579. The molecule has 1 N–H and O–H groups in total. The van der Waals surface area contributed by atoms with Crippen molar-refractivity contribution in [2.75, 3.05) is 18.8 Å². The van der Waals surface area contributed by atoms with E-state index in [0.717, 1.165) is 25.9 Å². The Hall–Kier alpha value is -1.56. The standard InChI is InChI=1S/C19H25FN2O2S/c20-15-9-5-4-8-14(15)12-17-18(23)21-16(13-25-17)19(24)22-10-6-2-1-3-7-11-22/h4-5,8-9,16-17H,1-3,6-7,10-13H2,(H,21,23). The SMILES string of the molecule is O=C1NC(C(=O)N2CCCCCCC2)CSC1Cc1ccccc1F. The number of likely N-dealkylation sites (tertiary alicyclic amines) is 1. The number of hydrogen-bond donors (Lipinski definition) is 1. The van der Waals surface area contributed by atoms with Crippen LogP contribution in [-0.2, 0) is 16.0 Å². The van der Waals surface area contributed by atoms with Gasteiger partial charge in [0.15, 0.2) is 0 Å². The van der Waals surface area contributed by atoms with Crippen molar-refractivity contribution in [2.24, 2.45) is 0 Å². The summed E-state index contributed by atoms with van der Waals surface area (Å²) in [5.74, 6) is 0.145. The molecule has 2 unspecified atom stereocenters. The lowest BCUT2D eigenvalue weighted by atomic mass is 10.1. The Balaban J connectivity index is 1.56. The Morgan fingerprint density at radius 2 is 1.84 bits per heavy atom. The van der Waals surface area contributed by atoms with Crippen molar-refractivity contribution >= 4 is 23.6 Å². The van der Waals surface area contributed by atoms with E-state index >= 15 is 0 Å². The third-order valence-corrected chi connectivity index (χ3v) is 6.21. The largest absolute Gasteiger partial charge is 0.343 e. The number of carbonyl (C=O) groups is 2. The molecule has 0 radical (unpaired) electrons. The molecular weight excluding hydrogens is 339 g/mol. The van der Waals surface area contributed by atoms with Crippen molar-refractivity contribution in [3.8, 4) is 0 Å². The molecule has 0 saturated carbocycles. The number of hydrogen-bond acceptors (Lipinski definition) is 3. The molecule has 136 valence electrons. The van der Waals surface area contributed by atoms with Crippen molar-refractivity contribution in [3.63, 3.8) is 0 Å². The summed E-state index contributed by atoms with van der Waals surface area (Å²) < 4.78 is 13.8. The lowest BCUT2D eigenvalue weighted by molar-refractivity contribution is -0.136. The van der Waals surface area contributed by atoms with Gasteiger partial charge in [0.25, 0.3) is 0 Å². The van der Waals surface area contributed by atoms with Crippen LogP contribution in [0.4, 0.5) is 4.39 Å². The van der Waals surface area contributed by atoms with Gasteiger partial charge in [-0.3, -0.25) is 9.59 Å². The number of amides is 2. The van der Waals surface area contributed by atoms with Gasteiger partial charge >= 0.3 is 0 Å². The quantitative estimate of drug-likeness (QED) is 0.897. The zero-order valence-corrected chi connectivity index (χ0v) is 15.2. The van der Waals surface area contributed by atoms with Gasteiger partial charge in [0.05, 0.1) is 5.25 Å². The Morgan fingerprint density at radius 3 is 2.52 bits per heavy atom. The smallest absolute Gasteiger partial charge is 0.246 e. The first-order valence-corrected chi connectivity index (χ1v) is 10.1. The third kappa shape index (κ3) is 4.75. The van der Waals surface area contributed by atoms with Crippen LogP contribution in [0.25, 0.3) is 0 Å². The van der Waals surface area contributed by atoms with E-state index < -0.39 is 6.04 Å². The molecule has 0 aliphatic carbocycles. The predicted molar refractivity (Wildman–Crippen MR) is 97.9 cm³/mol. The van der Waals surface area contributed by atoms with E-state index in [1.807, 2.05) is 4.90 Å². The molecule has 0 bridgehead atoms. The van der Waals surface area contributed by atoms with Gasteiger partial charge in [0.1, 0.15) is 11.9 Å². The van der Waals surface area contributed by atoms with Crippen LogP contribution in [-0.4, -0.2) is 46.8 Å². The molecule has 1 aromatic carbocycles. The van der Waals surface area contributed by atoms with Gasteiger partial charge in [-0.2, -0.15) is 0 Å². The minimum atomic E-state index is -0.450. The van der Waals surface area contributed by atoms with Gasteiger partial charge in [0.2, 0.25) is 11.8 Å². The van der Waals surface area contributed by atoms with Crippen LogP contribution in [0.5, 0.6) is 0 Å². The van der Waals surface area contributed by atoms with Crippen LogP contribution < -0.4 is 5.32 Å². The minimum absolute atomic E-state index is 0.0343. The minimum Gasteiger partial charge on any atom is -0.343 e. The van der Waals surface area contributed by atoms with E-state index in [0.29, 0.717) is 17.7 Å². The van der Waals surface area contributed by atoms with Crippen LogP contribution in [0.2, 0.25) is 0 Å². The Morgan fingerprint density at radius 1 is 1.16 bits per heavy atom. The van der Waals surface area contributed by atoms with E-state index in [-0.39, 0.29) is 22.9 Å². The molecule has 2 aliphatic rings. The van der Waals surface area contributed by atoms with E-state index in [1.165, 1.54) is 37.1 Å². The highest BCUT2D eigenvalue weighted by Gasteiger charge is 2.34. The number of rotatable bonds is 3. The van der Waals surface area contributed by atoms with E-state index in [4.69, 9.17) is 0 Å². The molecule has 2 amide bonds.